The molecule has 0 aromatic heterocycles. The third-order valence-corrected chi connectivity index (χ3v) is 3.99. The Morgan fingerprint density at radius 2 is 2.05 bits per heavy atom. The summed E-state index contributed by atoms with van der Waals surface area (Å²) in [5.74, 6) is -0.351. The van der Waals surface area contributed by atoms with E-state index in [-0.39, 0.29) is 27.9 Å². The molecule has 0 saturated carbocycles. The molecule has 1 saturated heterocycles. The van der Waals surface area contributed by atoms with Crippen LogP contribution in [-0.2, 0) is 0 Å². The van der Waals surface area contributed by atoms with E-state index in [0.29, 0.717) is 25.9 Å². The number of halogens is 1. The highest BCUT2D eigenvalue weighted by atomic mass is 35.5. The summed E-state index contributed by atoms with van der Waals surface area (Å²) in [6.07, 6.45) is 0.924. The lowest BCUT2D eigenvalue weighted by Crippen LogP contribution is -2.45. The van der Waals surface area contributed by atoms with Crippen molar-refractivity contribution < 1.29 is 14.8 Å². The molecule has 1 aromatic carbocycles. The minimum Gasteiger partial charge on any atom is -0.392 e. The van der Waals surface area contributed by atoms with Crippen molar-refractivity contribution in [1.82, 2.24) is 4.90 Å². The van der Waals surface area contributed by atoms with Gasteiger partial charge in [-0.1, -0.05) is 11.6 Å². The Labute approximate surface area is 126 Å². The normalized spacial score (nSPS) is 17.6. The summed E-state index contributed by atoms with van der Waals surface area (Å²) in [7, 11) is 0. The van der Waals surface area contributed by atoms with Gasteiger partial charge in [-0.25, -0.2) is 0 Å². The summed E-state index contributed by atoms with van der Waals surface area (Å²) in [6, 6.07) is 2.47. The number of nitro benzene ring substituents is 1. The number of nitro groups is 1. The fraction of sp³-hybridized carbons (Fsp3) is 0.462. The van der Waals surface area contributed by atoms with Gasteiger partial charge in [-0.15, -0.1) is 0 Å². The number of rotatable bonds is 2. The minimum atomic E-state index is -0.776. The van der Waals surface area contributed by atoms with Crippen LogP contribution in [0.2, 0.25) is 5.02 Å². The lowest BCUT2D eigenvalue weighted by Gasteiger charge is -2.35. The number of piperidine rings is 1. The molecule has 2 rings (SSSR count). The van der Waals surface area contributed by atoms with Gasteiger partial charge in [0, 0.05) is 24.7 Å². The summed E-state index contributed by atoms with van der Waals surface area (Å²) in [4.78, 5) is 24.2. The molecule has 1 heterocycles. The lowest BCUT2D eigenvalue weighted by atomic mass is 9.93. The Morgan fingerprint density at radius 3 is 2.57 bits per heavy atom. The van der Waals surface area contributed by atoms with Gasteiger partial charge in [-0.3, -0.25) is 14.9 Å². The summed E-state index contributed by atoms with van der Waals surface area (Å²) < 4.78 is 0. The van der Waals surface area contributed by atoms with Gasteiger partial charge in [0.05, 0.1) is 15.5 Å². The molecule has 1 aliphatic rings. The van der Waals surface area contributed by atoms with Gasteiger partial charge in [0.15, 0.2) is 0 Å². The van der Waals surface area contributed by atoms with Crippen molar-refractivity contribution >= 4 is 28.9 Å². The fourth-order valence-corrected chi connectivity index (χ4v) is 2.47. The number of carbonyl (C=O) groups excluding carboxylic acids is 1. The predicted octanol–water partition coefficient (Wildman–Crippen LogP) is 1.82. The first kappa shape index (κ1) is 15.5. The van der Waals surface area contributed by atoms with Crippen molar-refractivity contribution in [3.63, 3.8) is 0 Å². The number of carbonyl (C=O) groups is 1. The molecule has 114 valence electrons. The van der Waals surface area contributed by atoms with Crippen LogP contribution in [0.25, 0.3) is 0 Å². The van der Waals surface area contributed by atoms with Gasteiger partial charge < -0.3 is 15.7 Å². The minimum absolute atomic E-state index is 0.0171. The quantitative estimate of drug-likeness (QED) is 0.491. The molecular formula is C13H16ClN3O4. The molecule has 0 atom stereocenters. The predicted molar refractivity (Wildman–Crippen MR) is 78.3 cm³/mol. The molecule has 1 fully saturated rings. The molecule has 21 heavy (non-hydrogen) atoms. The Balaban J connectivity index is 2.26. The largest absolute Gasteiger partial charge is 0.392 e. The zero-order valence-electron chi connectivity index (χ0n) is 11.5. The molecule has 0 radical (unpaired) electrons. The van der Waals surface area contributed by atoms with E-state index in [9.17, 15) is 20.0 Å². The zero-order valence-corrected chi connectivity index (χ0v) is 12.3. The maximum absolute atomic E-state index is 12.4. The van der Waals surface area contributed by atoms with Gasteiger partial charge in [-0.05, 0) is 25.8 Å². The zero-order chi connectivity index (χ0) is 15.8. The molecule has 1 aromatic rings. The topological polar surface area (TPSA) is 110 Å². The molecule has 8 heteroatoms. The molecular weight excluding hydrogens is 298 g/mol. The van der Waals surface area contributed by atoms with Crippen LogP contribution in [0.4, 0.5) is 11.4 Å². The van der Waals surface area contributed by atoms with Crippen molar-refractivity contribution in [2.45, 2.75) is 25.4 Å². The number of benzene rings is 1. The highest BCUT2D eigenvalue weighted by Gasteiger charge is 2.31. The van der Waals surface area contributed by atoms with Crippen LogP contribution >= 0.6 is 11.6 Å². The van der Waals surface area contributed by atoms with E-state index >= 15 is 0 Å². The Hall–Kier alpha value is -1.86. The molecule has 1 amide bonds. The van der Waals surface area contributed by atoms with Gasteiger partial charge >= 0.3 is 0 Å². The summed E-state index contributed by atoms with van der Waals surface area (Å²) in [6.45, 7) is 2.50. The lowest BCUT2D eigenvalue weighted by molar-refractivity contribution is -0.383. The molecule has 0 bridgehead atoms. The molecule has 0 spiro atoms. The average Bonchev–Trinajstić information content (AvgIpc) is 2.40. The summed E-state index contributed by atoms with van der Waals surface area (Å²) >= 11 is 5.85. The van der Waals surface area contributed by atoms with Gasteiger partial charge in [0.25, 0.3) is 11.6 Å². The monoisotopic (exact) mass is 313 g/mol. The number of anilines is 1. The average molecular weight is 314 g/mol. The maximum Gasteiger partial charge on any atom is 0.294 e. The first-order valence-electron chi connectivity index (χ1n) is 6.46. The van der Waals surface area contributed by atoms with E-state index in [1.807, 2.05) is 0 Å². The maximum atomic E-state index is 12.4. The third-order valence-electron chi connectivity index (χ3n) is 3.68. The third kappa shape index (κ3) is 3.25. The molecule has 0 unspecified atom stereocenters. The van der Waals surface area contributed by atoms with Crippen molar-refractivity contribution in [3.8, 4) is 0 Å². The molecule has 3 N–H and O–H groups in total. The number of hydrogen-bond acceptors (Lipinski definition) is 5. The molecule has 7 nitrogen and oxygen atoms in total. The van der Waals surface area contributed by atoms with Gasteiger partial charge in [-0.2, -0.15) is 0 Å². The van der Waals surface area contributed by atoms with E-state index in [1.165, 1.54) is 6.07 Å². The van der Waals surface area contributed by atoms with E-state index in [4.69, 9.17) is 17.3 Å². The van der Waals surface area contributed by atoms with Gasteiger partial charge in [0.1, 0.15) is 5.69 Å². The second-order valence-electron chi connectivity index (χ2n) is 5.44. The number of nitrogens with two attached hydrogens (primary N) is 1. The summed E-state index contributed by atoms with van der Waals surface area (Å²) in [5, 5.41) is 20.8. The van der Waals surface area contributed by atoms with Crippen LogP contribution in [0.1, 0.15) is 30.1 Å². The number of likely N-dealkylation sites (tertiary alicyclic amines) is 1. The number of hydrogen-bond donors (Lipinski definition) is 2. The Morgan fingerprint density at radius 1 is 1.48 bits per heavy atom. The molecule has 0 aliphatic carbocycles. The van der Waals surface area contributed by atoms with Crippen LogP contribution in [0, 0.1) is 10.1 Å². The fourth-order valence-electron chi connectivity index (χ4n) is 2.25. The van der Waals surface area contributed by atoms with E-state index < -0.39 is 10.5 Å². The number of nitrogens with zero attached hydrogens (tertiary/aromatic N) is 2. The van der Waals surface area contributed by atoms with E-state index in [1.54, 1.807) is 11.8 Å². The standard InChI is InChI=1S/C13H16ClN3O4/c1-13(19)2-4-16(5-3-13)12(18)8-6-9(14)11(15)10(7-8)17(20)21/h6-7,19H,2-5,15H2,1H3. The Bertz CT molecular complexity index is 593. The Kier molecular flexibility index (Phi) is 4.06. The number of aliphatic hydroxyl groups is 1. The van der Waals surface area contributed by atoms with Crippen LogP contribution in [0.15, 0.2) is 12.1 Å². The van der Waals surface area contributed by atoms with Crippen molar-refractivity contribution in [2.24, 2.45) is 0 Å². The van der Waals surface area contributed by atoms with Crippen molar-refractivity contribution in [1.29, 1.82) is 0 Å². The van der Waals surface area contributed by atoms with Gasteiger partial charge in [0.2, 0.25) is 0 Å². The first-order chi connectivity index (χ1) is 9.71. The first-order valence-corrected chi connectivity index (χ1v) is 6.84. The van der Waals surface area contributed by atoms with Crippen molar-refractivity contribution in [2.75, 3.05) is 18.8 Å². The van der Waals surface area contributed by atoms with Crippen LogP contribution in [-0.4, -0.2) is 39.5 Å². The SMILES string of the molecule is CC1(O)CCN(C(=O)c2cc(Cl)c(N)c([N+](=O)[O-])c2)CC1. The highest BCUT2D eigenvalue weighted by Crippen LogP contribution is 2.32. The van der Waals surface area contributed by atoms with Crippen LogP contribution in [0.3, 0.4) is 0 Å². The second-order valence-corrected chi connectivity index (χ2v) is 5.84. The van der Waals surface area contributed by atoms with Crippen LogP contribution in [0.5, 0.6) is 0 Å². The second kappa shape index (κ2) is 5.50. The number of nitrogen functional groups attached to an aromatic ring is 1. The van der Waals surface area contributed by atoms with Crippen molar-refractivity contribution in [3.05, 3.63) is 32.8 Å². The highest BCUT2D eigenvalue weighted by molar-refractivity contribution is 6.34. The summed E-state index contributed by atoms with van der Waals surface area (Å²) in [5.41, 5.74) is 4.35. The molecule has 1 aliphatic heterocycles. The van der Waals surface area contributed by atoms with E-state index in [0.717, 1.165) is 6.07 Å². The van der Waals surface area contributed by atoms with E-state index in [2.05, 4.69) is 0 Å². The number of amides is 1. The van der Waals surface area contributed by atoms with Crippen LogP contribution < -0.4 is 5.73 Å². The smallest absolute Gasteiger partial charge is 0.294 e.